The molecule has 1 aromatic heterocycles. The van der Waals surface area contributed by atoms with Crippen molar-refractivity contribution in [2.75, 3.05) is 12.4 Å². The first-order chi connectivity index (χ1) is 10.9. The van der Waals surface area contributed by atoms with Gasteiger partial charge in [-0.25, -0.2) is 4.79 Å². The second-order valence-electron chi connectivity index (χ2n) is 4.85. The number of nitrogens with one attached hydrogen (secondary N) is 1. The molecular weight excluding hydrogens is 378 g/mol. The Bertz CT molecular complexity index is 763. The number of carbonyl (C=O) groups is 2. The number of thiophene rings is 1. The van der Waals surface area contributed by atoms with Crippen LogP contribution < -0.4 is 5.32 Å². The van der Waals surface area contributed by atoms with Gasteiger partial charge in [-0.2, -0.15) is 0 Å². The summed E-state index contributed by atoms with van der Waals surface area (Å²) in [5, 5.41) is 3.26. The number of esters is 1. The fourth-order valence-corrected chi connectivity index (χ4v) is 3.28. The first kappa shape index (κ1) is 17.4. The normalized spacial score (nSPS) is 10.8. The minimum absolute atomic E-state index is 0.292. The van der Waals surface area contributed by atoms with Gasteiger partial charge < -0.3 is 10.1 Å². The molecule has 1 amide bonds. The third-order valence-corrected chi connectivity index (χ3v) is 4.96. The van der Waals surface area contributed by atoms with E-state index in [1.165, 1.54) is 24.5 Å². The predicted molar refractivity (Wildman–Crippen MR) is 96.9 cm³/mol. The zero-order chi connectivity index (χ0) is 17.0. The summed E-state index contributed by atoms with van der Waals surface area (Å²) in [7, 11) is 1.33. The summed E-state index contributed by atoms with van der Waals surface area (Å²) in [6.45, 7) is 3.74. The van der Waals surface area contributed by atoms with E-state index in [1.807, 2.05) is 38.1 Å². The van der Waals surface area contributed by atoms with Crippen molar-refractivity contribution in [2.24, 2.45) is 0 Å². The molecule has 1 heterocycles. The van der Waals surface area contributed by atoms with E-state index in [2.05, 4.69) is 21.2 Å². The van der Waals surface area contributed by atoms with Crippen LogP contribution in [0.3, 0.4) is 0 Å². The summed E-state index contributed by atoms with van der Waals surface area (Å²) < 4.78 is 5.77. The van der Waals surface area contributed by atoms with Gasteiger partial charge in [0.15, 0.2) is 0 Å². The lowest BCUT2D eigenvalue weighted by atomic mass is 10.1. The molecule has 0 aliphatic rings. The lowest BCUT2D eigenvalue weighted by Gasteiger charge is -2.04. The minimum atomic E-state index is -0.445. The molecule has 120 valence electrons. The van der Waals surface area contributed by atoms with Crippen LogP contribution in [0.2, 0.25) is 0 Å². The average molecular weight is 394 g/mol. The van der Waals surface area contributed by atoms with Crippen molar-refractivity contribution in [3.05, 3.63) is 56.4 Å². The van der Waals surface area contributed by atoms with E-state index < -0.39 is 5.97 Å². The molecule has 6 heteroatoms. The Balaban J connectivity index is 2.16. The van der Waals surface area contributed by atoms with E-state index in [0.717, 1.165) is 20.5 Å². The van der Waals surface area contributed by atoms with Gasteiger partial charge in [-0.1, -0.05) is 28.1 Å². The fraction of sp³-hybridized carbons (Fsp3) is 0.176. The van der Waals surface area contributed by atoms with Crippen molar-refractivity contribution in [3.8, 4) is 0 Å². The van der Waals surface area contributed by atoms with Crippen molar-refractivity contribution in [1.29, 1.82) is 0 Å². The lowest BCUT2D eigenvalue weighted by Crippen LogP contribution is -2.11. The molecule has 2 rings (SSSR count). The molecule has 1 N–H and O–H groups in total. The maximum atomic E-state index is 12.1. The van der Waals surface area contributed by atoms with Crippen molar-refractivity contribution >= 4 is 50.2 Å². The molecule has 0 bridgehead atoms. The number of ether oxygens (including phenoxy) is 1. The molecule has 0 saturated carbocycles. The Morgan fingerprint density at radius 2 is 1.87 bits per heavy atom. The fourth-order valence-electron chi connectivity index (χ4n) is 1.96. The van der Waals surface area contributed by atoms with Gasteiger partial charge in [0.05, 0.1) is 12.7 Å². The molecule has 23 heavy (non-hydrogen) atoms. The van der Waals surface area contributed by atoms with Crippen LogP contribution in [0.4, 0.5) is 5.00 Å². The van der Waals surface area contributed by atoms with Crippen LogP contribution in [0, 0.1) is 13.8 Å². The van der Waals surface area contributed by atoms with Crippen molar-refractivity contribution in [3.63, 3.8) is 0 Å². The molecule has 0 unspecified atom stereocenters. The summed E-state index contributed by atoms with van der Waals surface area (Å²) in [5.41, 5.74) is 2.16. The number of halogens is 1. The van der Waals surface area contributed by atoms with Gasteiger partial charge in [-0.05, 0) is 43.2 Å². The number of aryl methyl sites for hydroxylation is 1. The van der Waals surface area contributed by atoms with Gasteiger partial charge in [0.1, 0.15) is 5.00 Å². The summed E-state index contributed by atoms with van der Waals surface area (Å²) in [5.74, 6) is -0.738. The molecule has 4 nitrogen and oxygen atoms in total. The SMILES string of the molecule is COC(=O)c1c(NC(=O)/C=C/c2ccc(Br)cc2)sc(C)c1C. The smallest absolute Gasteiger partial charge is 0.341 e. The van der Waals surface area contributed by atoms with Gasteiger partial charge in [0, 0.05) is 15.4 Å². The Hall–Kier alpha value is -1.92. The molecule has 0 radical (unpaired) electrons. The standard InChI is InChI=1S/C17H16BrNO3S/c1-10-11(2)23-16(15(10)17(21)22-3)19-14(20)9-6-12-4-7-13(18)8-5-12/h4-9H,1-3H3,(H,19,20)/b9-6+. The van der Waals surface area contributed by atoms with E-state index in [0.29, 0.717) is 10.6 Å². The number of rotatable bonds is 4. The highest BCUT2D eigenvalue weighted by atomic mass is 79.9. The highest BCUT2D eigenvalue weighted by Crippen LogP contribution is 2.32. The number of carbonyl (C=O) groups excluding carboxylic acids is 2. The van der Waals surface area contributed by atoms with E-state index in [1.54, 1.807) is 6.08 Å². The molecule has 2 aromatic rings. The summed E-state index contributed by atoms with van der Waals surface area (Å²) >= 11 is 4.73. The first-order valence-corrected chi connectivity index (χ1v) is 8.46. The maximum absolute atomic E-state index is 12.1. The van der Waals surface area contributed by atoms with Gasteiger partial charge in [-0.3, -0.25) is 4.79 Å². The van der Waals surface area contributed by atoms with Gasteiger partial charge in [-0.15, -0.1) is 11.3 Å². The van der Waals surface area contributed by atoms with Gasteiger partial charge in [0.25, 0.3) is 0 Å². The number of methoxy groups -OCH3 is 1. The highest BCUT2D eigenvalue weighted by Gasteiger charge is 2.20. The van der Waals surface area contributed by atoms with Gasteiger partial charge in [0.2, 0.25) is 5.91 Å². The van der Waals surface area contributed by atoms with Gasteiger partial charge >= 0.3 is 5.97 Å². The minimum Gasteiger partial charge on any atom is -0.465 e. The molecule has 0 saturated heterocycles. The van der Waals surface area contributed by atoms with Crippen LogP contribution in [-0.2, 0) is 9.53 Å². The van der Waals surface area contributed by atoms with Crippen LogP contribution in [0.15, 0.2) is 34.8 Å². The Morgan fingerprint density at radius 3 is 2.48 bits per heavy atom. The van der Waals surface area contributed by atoms with Crippen LogP contribution in [0.5, 0.6) is 0 Å². The van der Waals surface area contributed by atoms with Crippen molar-refractivity contribution in [1.82, 2.24) is 0 Å². The molecular formula is C17H16BrNO3S. The van der Waals surface area contributed by atoms with Crippen LogP contribution in [0.1, 0.15) is 26.4 Å². The monoisotopic (exact) mass is 393 g/mol. The van der Waals surface area contributed by atoms with Crippen LogP contribution in [-0.4, -0.2) is 19.0 Å². The first-order valence-electron chi connectivity index (χ1n) is 6.85. The Morgan fingerprint density at radius 1 is 1.22 bits per heavy atom. The largest absolute Gasteiger partial charge is 0.465 e. The zero-order valence-corrected chi connectivity index (χ0v) is 15.4. The summed E-state index contributed by atoms with van der Waals surface area (Å²) in [6, 6.07) is 7.60. The number of hydrogen-bond acceptors (Lipinski definition) is 4. The molecule has 0 aliphatic carbocycles. The topological polar surface area (TPSA) is 55.4 Å². The second-order valence-corrected chi connectivity index (χ2v) is 6.99. The van der Waals surface area contributed by atoms with Crippen molar-refractivity contribution in [2.45, 2.75) is 13.8 Å². The second kappa shape index (κ2) is 7.57. The third kappa shape index (κ3) is 4.30. The lowest BCUT2D eigenvalue weighted by molar-refractivity contribution is -0.111. The molecule has 0 aliphatic heterocycles. The average Bonchev–Trinajstić information content (AvgIpc) is 2.80. The van der Waals surface area contributed by atoms with Crippen molar-refractivity contribution < 1.29 is 14.3 Å². The molecule has 0 spiro atoms. The highest BCUT2D eigenvalue weighted by molar-refractivity contribution is 9.10. The molecule has 1 aromatic carbocycles. The number of benzene rings is 1. The predicted octanol–water partition coefficient (Wildman–Crippen LogP) is 4.57. The Labute approximate surface area is 147 Å². The number of hydrogen-bond donors (Lipinski definition) is 1. The third-order valence-electron chi connectivity index (χ3n) is 3.31. The summed E-state index contributed by atoms with van der Waals surface area (Å²) in [6.07, 6.45) is 3.15. The Kier molecular flexibility index (Phi) is 5.74. The van der Waals surface area contributed by atoms with E-state index in [-0.39, 0.29) is 5.91 Å². The zero-order valence-electron chi connectivity index (χ0n) is 13.0. The quantitative estimate of drug-likeness (QED) is 0.611. The maximum Gasteiger partial charge on any atom is 0.341 e. The molecule has 0 atom stereocenters. The van der Waals surface area contributed by atoms with E-state index in [9.17, 15) is 9.59 Å². The number of anilines is 1. The van der Waals surface area contributed by atoms with Crippen LogP contribution >= 0.6 is 27.3 Å². The number of amides is 1. The van der Waals surface area contributed by atoms with Crippen LogP contribution in [0.25, 0.3) is 6.08 Å². The molecule has 0 fully saturated rings. The summed E-state index contributed by atoms with van der Waals surface area (Å²) in [4.78, 5) is 24.9. The van der Waals surface area contributed by atoms with E-state index in [4.69, 9.17) is 4.74 Å². The van der Waals surface area contributed by atoms with E-state index >= 15 is 0 Å².